The fourth-order valence-electron chi connectivity index (χ4n) is 1.57. The summed E-state index contributed by atoms with van der Waals surface area (Å²) in [5, 5.41) is 0. The zero-order valence-corrected chi connectivity index (χ0v) is 11.5. The SMILES string of the molecule is COc1nc(Oc2ccc3c(c2)OCO3)ncc1Br. The number of benzene rings is 1. The lowest BCUT2D eigenvalue weighted by Gasteiger charge is -2.06. The van der Waals surface area contributed by atoms with Crippen LogP contribution in [0.2, 0.25) is 0 Å². The lowest BCUT2D eigenvalue weighted by Crippen LogP contribution is -1.95. The van der Waals surface area contributed by atoms with Gasteiger partial charge in [0.05, 0.1) is 17.8 Å². The van der Waals surface area contributed by atoms with Gasteiger partial charge in [0.25, 0.3) is 0 Å². The van der Waals surface area contributed by atoms with E-state index in [-0.39, 0.29) is 12.8 Å². The van der Waals surface area contributed by atoms with Crippen molar-refractivity contribution in [2.24, 2.45) is 0 Å². The highest BCUT2D eigenvalue weighted by Gasteiger charge is 2.15. The maximum absolute atomic E-state index is 5.54. The van der Waals surface area contributed by atoms with Gasteiger partial charge in [0.2, 0.25) is 12.7 Å². The summed E-state index contributed by atoms with van der Waals surface area (Å²) in [6, 6.07) is 5.44. The van der Waals surface area contributed by atoms with Gasteiger partial charge in [0.1, 0.15) is 5.75 Å². The molecule has 0 N–H and O–H groups in total. The summed E-state index contributed by atoms with van der Waals surface area (Å²) in [5.41, 5.74) is 0. The third-order valence-corrected chi connectivity index (χ3v) is 2.98. The van der Waals surface area contributed by atoms with Crippen LogP contribution in [0.15, 0.2) is 28.9 Å². The second kappa shape index (κ2) is 4.93. The van der Waals surface area contributed by atoms with Crippen LogP contribution in [0.5, 0.6) is 29.1 Å². The Morgan fingerprint density at radius 1 is 1.26 bits per heavy atom. The smallest absolute Gasteiger partial charge is 0.325 e. The second-order valence-electron chi connectivity index (χ2n) is 3.63. The van der Waals surface area contributed by atoms with E-state index in [4.69, 9.17) is 18.9 Å². The van der Waals surface area contributed by atoms with Crippen molar-refractivity contribution in [1.29, 1.82) is 0 Å². The lowest BCUT2D eigenvalue weighted by molar-refractivity contribution is 0.174. The molecule has 0 fully saturated rings. The minimum absolute atomic E-state index is 0.193. The highest BCUT2D eigenvalue weighted by atomic mass is 79.9. The number of ether oxygens (including phenoxy) is 4. The Kier molecular flexibility index (Phi) is 3.12. The van der Waals surface area contributed by atoms with Gasteiger partial charge < -0.3 is 18.9 Å². The van der Waals surface area contributed by atoms with Gasteiger partial charge in [-0.2, -0.15) is 4.98 Å². The third-order valence-electron chi connectivity index (χ3n) is 2.44. The molecule has 1 aromatic heterocycles. The van der Waals surface area contributed by atoms with E-state index >= 15 is 0 Å². The molecule has 0 aliphatic carbocycles. The minimum atomic E-state index is 0.193. The van der Waals surface area contributed by atoms with Gasteiger partial charge in [-0.3, -0.25) is 0 Å². The van der Waals surface area contributed by atoms with Crippen LogP contribution in [0, 0.1) is 0 Å². The number of rotatable bonds is 3. The molecule has 6 nitrogen and oxygen atoms in total. The topological polar surface area (TPSA) is 62.7 Å². The minimum Gasteiger partial charge on any atom is -0.480 e. The molecule has 0 saturated heterocycles. The number of halogens is 1. The molecule has 0 amide bonds. The molecule has 98 valence electrons. The molecule has 3 rings (SSSR count). The van der Waals surface area contributed by atoms with Crippen molar-refractivity contribution in [2.45, 2.75) is 0 Å². The second-order valence-corrected chi connectivity index (χ2v) is 4.48. The number of methoxy groups -OCH3 is 1. The average Bonchev–Trinajstić information content (AvgIpc) is 2.88. The van der Waals surface area contributed by atoms with Crippen molar-refractivity contribution in [3.63, 3.8) is 0 Å². The van der Waals surface area contributed by atoms with Crippen molar-refractivity contribution < 1.29 is 18.9 Å². The van der Waals surface area contributed by atoms with E-state index < -0.39 is 0 Å². The molecule has 2 heterocycles. The Morgan fingerprint density at radius 3 is 2.95 bits per heavy atom. The number of fused-ring (bicyclic) bond motifs is 1. The Bertz CT molecular complexity index is 612. The lowest BCUT2D eigenvalue weighted by atomic mass is 10.3. The van der Waals surface area contributed by atoms with Gasteiger partial charge in [-0.25, -0.2) is 4.98 Å². The van der Waals surface area contributed by atoms with Gasteiger partial charge >= 0.3 is 6.01 Å². The Balaban J connectivity index is 1.85. The number of hydrogen-bond donors (Lipinski definition) is 0. The molecule has 0 radical (unpaired) electrons. The van der Waals surface area contributed by atoms with E-state index in [0.29, 0.717) is 27.6 Å². The number of nitrogens with zero attached hydrogens (tertiary/aromatic N) is 2. The average molecular weight is 325 g/mol. The van der Waals surface area contributed by atoms with Gasteiger partial charge in [0, 0.05) is 6.07 Å². The quantitative estimate of drug-likeness (QED) is 0.865. The molecule has 0 atom stereocenters. The molecule has 1 aliphatic heterocycles. The maximum Gasteiger partial charge on any atom is 0.325 e. The fourth-order valence-corrected chi connectivity index (χ4v) is 1.93. The first kappa shape index (κ1) is 12.0. The molecule has 0 unspecified atom stereocenters. The van der Waals surface area contributed by atoms with E-state index in [2.05, 4.69) is 25.9 Å². The van der Waals surface area contributed by atoms with Crippen LogP contribution in [-0.4, -0.2) is 23.9 Å². The molecule has 0 spiro atoms. The van der Waals surface area contributed by atoms with Gasteiger partial charge in [-0.1, -0.05) is 0 Å². The van der Waals surface area contributed by atoms with E-state index in [1.807, 2.05) is 0 Å². The molecule has 1 aliphatic rings. The zero-order valence-electron chi connectivity index (χ0n) is 9.92. The van der Waals surface area contributed by atoms with Crippen LogP contribution in [0.3, 0.4) is 0 Å². The standard InChI is InChI=1S/C12H9BrN2O4/c1-16-11-8(13)5-14-12(15-11)19-7-2-3-9-10(4-7)18-6-17-9/h2-5H,6H2,1H3. The predicted octanol–water partition coefficient (Wildman–Crippen LogP) is 2.77. The maximum atomic E-state index is 5.54. The van der Waals surface area contributed by atoms with Crippen LogP contribution in [0.1, 0.15) is 0 Å². The van der Waals surface area contributed by atoms with Crippen molar-refractivity contribution in [3.05, 3.63) is 28.9 Å². The van der Waals surface area contributed by atoms with Crippen LogP contribution in [0.25, 0.3) is 0 Å². The Labute approximate surface area is 117 Å². The van der Waals surface area contributed by atoms with Crippen molar-refractivity contribution in [2.75, 3.05) is 13.9 Å². The summed E-state index contributed by atoms with van der Waals surface area (Å²) in [4.78, 5) is 8.15. The van der Waals surface area contributed by atoms with Crippen molar-refractivity contribution in [1.82, 2.24) is 9.97 Å². The molecule has 1 aromatic carbocycles. The van der Waals surface area contributed by atoms with E-state index in [1.165, 1.54) is 7.11 Å². The summed E-state index contributed by atoms with van der Waals surface area (Å²) in [6.45, 7) is 0.224. The highest BCUT2D eigenvalue weighted by Crippen LogP contribution is 2.36. The van der Waals surface area contributed by atoms with Crippen molar-refractivity contribution >= 4 is 15.9 Å². The van der Waals surface area contributed by atoms with Crippen molar-refractivity contribution in [3.8, 4) is 29.1 Å². The van der Waals surface area contributed by atoms with Crippen LogP contribution < -0.4 is 18.9 Å². The number of hydrogen-bond acceptors (Lipinski definition) is 6. The van der Waals surface area contributed by atoms with Gasteiger partial charge in [0.15, 0.2) is 11.5 Å². The molecular weight excluding hydrogens is 316 g/mol. The first-order valence-corrected chi connectivity index (χ1v) is 6.19. The molecule has 19 heavy (non-hydrogen) atoms. The fraction of sp³-hybridized carbons (Fsp3) is 0.167. The first-order valence-electron chi connectivity index (χ1n) is 5.40. The number of aromatic nitrogens is 2. The summed E-state index contributed by atoms with van der Waals surface area (Å²) >= 11 is 3.27. The monoisotopic (exact) mass is 324 g/mol. The molecule has 2 aromatic rings. The molecular formula is C12H9BrN2O4. The largest absolute Gasteiger partial charge is 0.480 e. The van der Waals surface area contributed by atoms with Crippen LogP contribution >= 0.6 is 15.9 Å². The van der Waals surface area contributed by atoms with Gasteiger partial charge in [-0.05, 0) is 28.1 Å². The van der Waals surface area contributed by atoms with Crippen LogP contribution in [-0.2, 0) is 0 Å². The highest BCUT2D eigenvalue weighted by molar-refractivity contribution is 9.10. The summed E-state index contributed by atoms with van der Waals surface area (Å²) in [6.07, 6.45) is 1.56. The Morgan fingerprint density at radius 2 is 2.11 bits per heavy atom. The normalized spacial score (nSPS) is 12.3. The molecule has 0 saturated carbocycles. The Hall–Kier alpha value is -2.02. The van der Waals surface area contributed by atoms with E-state index in [1.54, 1.807) is 24.4 Å². The summed E-state index contributed by atoms with van der Waals surface area (Å²) < 4.78 is 21.8. The molecule has 0 bridgehead atoms. The van der Waals surface area contributed by atoms with Gasteiger partial charge in [-0.15, -0.1) is 0 Å². The van der Waals surface area contributed by atoms with E-state index in [0.717, 1.165) is 0 Å². The zero-order chi connectivity index (χ0) is 13.2. The van der Waals surface area contributed by atoms with Crippen LogP contribution in [0.4, 0.5) is 0 Å². The summed E-state index contributed by atoms with van der Waals surface area (Å²) in [5.74, 6) is 2.31. The molecule has 7 heteroatoms. The van der Waals surface area contributed by atoms with E-state index in [9.17, 15) is 0 Å². The summed E-state index contributed by atoms with van der Waals surface area (Å²) in [7, 11) is 1.53. The third kappa shape index (κ3) is 2.41. The first-order chi connectivity index (χ1) is 9.26. The predicted molar refractivity (Wildman–Crippen MR) is 68.9 cm³/mol.